The van der Waals surface area contributed by atoms with Crippen LogP contribution in [0.2, 0.25) is 0 Å². The van der Waals surface area contributed by atoms with E-state index in [1.165, 1.54) is 16.7 Å². The standard InChI is InChI=1S/C18H21NO/c1-13(2)19-17-11-12-20-18-15(9-6-10-16(17)18)14-7-4-3-5-8-14/h3-10,13,17,19H,11-12H2,1-2H3. The maximum absolute atomic E-state index is 5.98. The van der Waals surface area contributed by atoms with Crippen LogP contribution in [-0.4, -0.2) is 12.6 Å². The molecule has 104 valence electrons. The zero-order valence-electron chi connectivity index (χ0n) is 12.1. The van der Waals surface area contributed by atoms with E-state index >= 15 is 0 Å². The van der Waals surface area contributed by atoms with Gasteiger partial charge in [0.1, 0.15) is 5.75 Å². The predicted molar refractivity (Wildman–Crippen MR) is 83.0 cm³/mol. The second kappa shape index (κ2) is 5.68. The zero-order chi connectivity index (χ0) is 13.9. The minimum atomic E-state index is 0.391. The summed E-state index contributed by atoms with van der Waals surface area (Å²) < 4.78 is 5.98. The molecule has 1 N–H and O–H groups in total. The number of para-hydroxylation sites is 1. The molecule has 0 bridgehead atoms. The van der Waals surface area contributed by atoms with E-state index in [1.807, 2.05) is 6.07 Å². The molecule has 1 unspecified atom stereocenters. The van der Waals surface area contributed by atoms with Gasteiger partial charge in [-0.05, 0) is 5.56 Å². The Labute approximate surface area is 120 Å². The molecule has 0 aliphatic carbocycles. The lowest BCUT2D eigenvalue weighted by Gasteiger charge is -2.30. The number of hydrogen-bond acceptors (Lipinski definition) is 2. The van der Waals surface area contributed by atoms with Crippen LogP contribution >= 0.6 is 0 Å². The summed E-state index contributed by atoms with van der Waals surface area (Å²) in [5.74, 6) is 1.04. The van der Waals surface area contributed by atoms with E-state index in [0.717, 1.165) is 18.8 Å². The van der Waals surface area contributed by atoms with Gasteiger partial charge >= 0.3 is 0 Å². The Morgan fingerprint density at radius 2 is 1.85 bits per heavy atom. The van der Waals surface area contributed by atoms with Crippen molar-refractivity contribution in [2.75, 3.05) is 6.61 Å². The molecular weight excluding hydrogens is 246 g/mol. The maximum Gasteiger partial charge on any atom is 0.131 e. The van der Waals surface area contributed by atoms with E-state index in [2.05, 4.69) is 61.6 Å². The Morgan fingerprint density at radius 3 is 2.60 bits per heavy atom. The SMILES string of the molecule is CC(C)NC1CCOc2c(-c3ccccc3)cccc21. The third-order valence-electron chi connectivity index (χ3n) is 3.69. The molecule has 1 aliphatic rings. The van der Waals surface area contributed by atoms with Crippen LogP contribution in [0.3, 0.4) is 0 Å². The Morgan fingerprint density at radius 1 is 1.05 bits per heavy atom. The summed E-state index contributed by atoms with van der Waals surface area (Å²) in [5, 5.41) is 3.64. The van der Waals surface area contributed by atoms with Crippen molar-refractivity contribution in [1.82, 2.24) is 5.32 Å². The van der Waals surface area contributed by atoms with E-state index in [0.29, 0.717) is 12.1 Å². The lowest BCUT2D eigenvalue weighted by molar-refractivity contribution is 0.248. The van der Waals surface area contributed by atoms with Crippen LogP contribution in [0.15, 0.2) is 48.5 Å². The van der Waals surface area contributed by atoms with Gasteiger partial charge in [0.05, 0.1) is 6.61 Å². The Hall–Kier alpha value is -1.80. The van der Waals surface area contributed by atoms with E-state index in [1.54, 1.807) is 0 Å². The van der Waals surface area contributed by atoms with Crippen LogP contribution in [0.25, 0.3) is 11.1 Å². The highest BCUT2D eigenvalue weighted by Gasteiger charge is 2.24. The highest BCUT2D eigenvalue weighted by atomic mass is 16.5. The first-order valence-electron chi connectivity index (χ1n) is 7.33. The van der Waals surface area contributed by atoms with Gasteiger partial charge in [-0.1, -0.05) is 62.4 Å². The molecule has 1 aliphatic heterocycles. The van der Waals surface area contributed by atoms with E-state index in [9.17, 15) is 0 Å². The third-order valence-corrected chi connectivity index (χ3v) is 3.69. The molecule has 2 nitrogen and oxygen atoms in total. The highest BCUT2D eigenvalue weighted by Crippen LogP contribution is 2.40. The molecule has 2 heteroatoms. The zero-order valence-corrected chi connectivity index (χ0v) is 12.1. The summed E-state index contributed by atoms with van der Waals surface area (Å²) >= 11 is 0. The van der Waals surface area contributed by atoms with E-state index in [4.69, 9.17) is 4.74 Å². The van der Waals surface area contributed by atoms with E-state index in [-0.39, 0.29) is 0 Å². The molecule has 0 saturated heterocycles. The average molecular weight is 267 g/mol. The van der Waals surface area contributed by atoms with Gasteiger partial charge in [0.25, 0.3) is 0 Å². The van der Waals surface area contributed by atoms with Crippen molar-refractivity contribution in [3.05, 3.63) is 54.1 Å². The largest absolute Gasteiger partial charge is 0.493 e. The average Bonchev–Trinajstić information content (AvgIpc) is 2.47. The lowest BCUT2D eigenvalue weighted by atomic mass is 9.94. The maximum atomic E-state index is 5.98. The van der Waals surface area contributed by atoms with Gasteiger partial charge < -0.3 is 10.1 Å². The van der Waals surface area contributed by atoms with Crippen molar-refractivity contribution < 1.29 is 4.74 Å². The number of nitrogens with one attached hydrogen (secondary N) is 1. The second-order valence-corrected chi connectivity index (χ2v) is 5.60. The smallest absolute Gasteiger partial charge is 0.131 e. The Balaban J connectivity index is 2.03. The second-order valence-electron chi connectivity index (χ2n) is 5.60. The molecule has 1 atom stereocenters. The first-order valence-corrected chi connectivity index (χ1v) is 7.33. The van der Waals surface area contributed by atoms with Crippen molar-refractivity contribution >= 4 is 0 Å². The molecular formula is C18H21NO. The van der Waals surface area contributed by atoms with Crippen LogP contribution in [0.1, 0.15) is 31.9 Å². The predicted octanol–water partition coefficient (Wildman–Crippen LogP) is 4.18. The summed E-state index contributed by atoms with van der Waals surface area (Å²) in [6, 6.07) is 17.8. The molecule has 2 aromatic carbocycles. The monoisotopic (exact) mass is 267 g/mol. The summed E-state index contributed by atoms with van der Waals surface area (Å²) in [4.78, 5) is 0. The van der Waals surface area contributed by atoms with Crippen LogP contribution < -0.4 is 10.1 Å². The van der Waals surface area contributed by atoms with Crippen LogP contribution in [-0.2, 0) is 0 Å². The minimum absolute atomic E-state index is 0.391. The van der Waals surface area contributed by atoms with Crippen molar-refractivity contribution in [3.63, 3.8) is 0 Å². The van der Waals surface area contributed by atoms with Gasteiger partial charge in [0.15, 0.2) is 0 Å². The third kappa shape index (κ3) is 2.56. The van der Waals surface area contributed by atoms with Gasteiger partial charge in [0.2, 0.25) is 0 Å². The molecule has 0 radical (unpaired) electrons. The molecule has 0 spiro atoms. The van der Waals surface area contributed by atoms with Crippen molar-refractivity contribution in [2.45, 2.75) is 32.4 Å². The number of hydrogen-bond donors (Lipinski definition) is 1. The van der Waals surface area contributed by atoms with Crippen molar-refractivity contribution in [1.29, 1.82) is 0 Å². The molecule has 0 aromatic heterocycles. The molecule has 2 aromatic rings. The summed E-state index contributed by atoms with van der Waals surface area (Å²) in [6.07, 6.45) is 1.03. The van der Waals surface area contributed by atoms with Crippen molar-refractivity contribution in [2.24, 2.45) is 0 Å². The topological polar surface area (TPSA) is 21.3 Å². The Kier molecular flexibility index (Phi) is 3.75. The van der Waals surface area contributed by atoms with Crippen LogP contribution in [0.5, 0.6) is 5.75 Å². The fourth-order valence-electron chi connectivity index (χ4n) is 2.85. The first kappa shape index (κ1) is 13.2. The van der Waals surface area contributed by atoms with Gasteiger partial charge in [0, 0.05) is 29.6 Å². The number of ether oxygens (including phenoxy) is 1. The fraction of sp³-hybridized carbons (Fsp3) is 0.333. The molecule has 0 amide bonds. The van der Waals surface area contributed by atoms with Gasteiger partial charge in [-0.15, -0.1) is 0 Å². The van der Waals surface area contributed by atoms with Crippen molar-refractivity contribution in [3.8, 4) is 16.9 Å². The summed E-state index contributed by atoms with van der Waals surface area (Å²) in [6.45, 7) is 5.16. The first-order chi connectivity index (χ1) is 9.75. The van der Waals surface area contributed by atoms with Gasteiger partial charge in [-0.3, -0.25) is 0 Å². The van der Waals surface area contributed by atoms with Gasteiger partial charge in [-0.2, -0.15) is 0 Å². The molecule has 3 rings (SSSR count). The van der Waals surface area contributed by atoms with Gasteiger partial charge in [-0.25, -0.2) is 0 Å². The fourth-order valence-corrected chi connectivity index (χ4v) is 2.85. The molecule has 1 heterocycles. The number of benzene rings is 2. The van der Waals surface area contributed by atoms with Crippen LogP contribution in [0.4, 0.5) is 0 Å². The lowest BCUT2D eigenvalue weighted by Crippen LogP contribution is -2.32. The quantitative estimate of drug-likeness (QED) is 0.901. The highest BCUT2D eigenvalue weighted by molar-refractivity contribution is 5.72. The molecule has 0 fully saturated rings. The number of fused-ring (bicyclic) bond motifs is 1. The minimum Gasteiger partial charge on any atom is -0.493 e. The Bertz CT molecular complexity index is 577. The number of rotatable bonds is 3. The summed E-state index contributed by atoms with van der Waals surface area (Å²) in [7, 11) is 0. The molecule has 0 saturated carbocycles. The normalized spacial score (nSPS) is 17.6. The van der Waals surface area contributed by atoms with E-state index < -0.39 is 0 Å². The molecule has 20 heavy (non-hydrogen) atoms. The summed E-state index contributed by atoms with van der Waals surface area (Å²) in [5.41, 5.74) is 3.69. The van der Waals surface area contributed by atoms with Crippen LogP contribution in [0, 0.1) is 0 Å².